The fraction of sp³-hybridized carbons (Fsp3) is 0.350. The highest BCUT2D eigenvalue weighted by Crippen LogP contribution is 2.37. The molecule has 0 radical (unpaired) electrons. The van der Waals surface area contributed by atoms with Crippen LogP contribution in [0.25, 0.3) is 21.5 Å². The number of amides is 1. The van der Waals surface area contributed by atoms with Gasteiger partial charge in [-0.25, -0.2) is 4.79 Å². The van der Waals surface area contributed by atoms with Gasteiger partial charge >= 0.3 is 6.09 Å². The number of fused-ring (bicyclic) bond motifs is 1. The molecule has 1 amide bonds. The molecule has 0 unspecified atom stereocenters. The van der Waals surface area contributed by atoms with Gasteiger partial charge in [0.2, 0.25) is 0 Å². The maximum absolute atomic E-state index is 12.1. The molecule has 2 aromatic heterocycles. The summed E-state index contributed by atoms with van der Waals surface area (Å²) >= 11 is 1.66. The van der Waals surface area contributed by atoms with Gasteiger partial charge in [-0.15, -0.1) is 21.5 Å². The third-order valence-corrected chi connectivity index (χ3v) is 5.64. The molecule has 3 aromatic rings. The smallest absolute Gasteiger partial charge is 0.410 e. The molecule has 1 fully saturated rings. The van der Waals surface area contributed by atoms with Crippen molar-refractivity contribution in [3.8, 4) is 17.0 Å². The van der Waals surface area contributed by atoms with Gasteiger partial charge in [0.05, 0.1) is 10.4 Å². The molecule has 0 saturated carbocycles. The van der Waals surface area contributed by atoms with E-state index in [0.29, 0.717) is 30.3 Å². The molecule has 1 aromatic carbocycles. The third kappa shape index (κ3) is 3.60. The summed E-state index contributed by atoms with van der Waals surface area (Å²) in [5, 5.41) is 18.6. The fourth-order valence-corrected chi connectivity index (χ4v) is 4.13. The summed E-state index contributed by atoms with van der Waals surface area (Å²) in [6.45, 7) is 6.92. The van der Waals surface area contributed by atoms with Crippen molar-refractivity contribution in [1.29, 1.82) is 0 Å². The second-order valence-corrected chi connectivity index (χ2v) is 8.84. The Labute approximate surface area is 161 Å². The molecule has 0 aliphatic carbocycles. The Hall–Kier alpha value is -2.67. The van der Waals surface area contributed by atoms with Crippen molar-refractivity contribution < 1.29 is 14.6 Å². The van der Waals surface area contributed by atoms with Crippen LogP contribution in [0.2, 0.25) is 0 Å². The summed E-state index contributed by atoms with van der Waals surface area (Å²) in [6.07, 6.45) is -0.263. The number of ether oxygens (including phenoxy) is 1. The molecule has 1 aliphatic rings. The summed E-state index contributed by atoms with van der Waals surface area (Å²) in [5.74, 6) is 0.486. The molecule has 6 nitrogen and oxygen atoms in total. The Morgan fingerprint density at radius 1 is 1.22 bits per heavy atom. The Kier molecular flexibility index (Phi) is 4.26. The van der Waals surface area contributed by atoms with Gasteiger partial charge in [0.1, 0.15) is 16.9 Å². The number of rotatable bonds is 2. The molecule has 1 saturated heterocycles. The van der Waals surface area contributed by atoms with E-state index in [9.17, 15) is 9.90 Å². The second-order valence-electron chi connectivity index (χ2n) is 7.73. The zero-order valence-electron chi connectivity index (χ0n) is 15.5. The van der Waals surface area contributed by atoms with E-state index in [2.05, 4.69) is 10.2 Å². The number of aromatic nitrogens is 2. The highest BCUT2D eigenvalue weighted by molar-refractivity contribution is 7.19. The molecular weight excluding hydrogens is 362 g/mol. The lowest BCUT2D eigenvalue weighted by Crippen LogP contribution is -2.50. The molecule has 1 N–H and O–H groups in total. The summed E-state index contributed by atoms with van der Waals surface area (Å²) < 4.78 is 6.43. The van der Waals surface area contributed by atoms with Crippen molar-refractivity contribution in [2.24, 2.45) is 0 Å². The first kappa shape index (κ1) is 17.7. The first-order valence-corrected chi connectivity index (χ1v) is 9.65. The molecule has 3 heterocycles. The minimum atomic E-state index is -0.477. The molecule has 0 bridgehead atoms. The van der Waals surface area contributed by atoms with Gasteiger partial charge in [-0.1, -0.05) is 12.1 Å². The second kappa shape index (κ2) is 6.49. The molecular formula is C20H21N3O3S. The number of hydrogen-bond acceptors (Lipinski definition) is 6. The van der Waals surface area contributed by atoms with E-state index >= 15 is 0 Å². The normalized spacial score (nSPS) is 15.0. The minimum absolute atomic E-state index is 0.190. The van der Waals surface area contributed by atoms with Crippen LogP contribution in [0.5, 0.6) is 5.75 Å². The lowest BCUT2D eigenvalue weighted by Gasteiger charge is -2.39. The predicted molar refractivity (Wildman–Crippen MR) is 105 cm³/mol. The average molecular weight is 383 g/mol. The highest BCUT2D eigenvalue weighted by atomic mass is 32.1. The summed E-state index contributed by atoms with van der Waals surface area (Å²) in [7, 11) is 0. The zero-order valence-corrected chi connectivity index (χ0v) is 16.3. The topological polar surface area (TPSA) is 75.5 Å². The van der Waals surface area contributed by atoms with Gasteiger partial charge < -0.3 is 14.7 Å². The fourth-order valence-electron chi connectivity index (χ4n) is 3.01. The number of aromatic hydroxyl groups is 1. The molecule has 140 valence electrons. The Balaban J connectivity index is 1.51. The van der Waals surface area contributed by atoms with Crippen LogP contribution in [0.1, 0.15) is 31.6 Å². The highest BCUT2D eigenvalue weighted by Gasteiger charge is 2.35. The van der Waals surface area contributed by atoms with Gasteiger partial charge in [-0.3, -0.25) is 0 Å². The molecule has 0 atom stereocenters. The molecule has 27 heavy (non-hydrogen) atoms. The van der Waals surface area contributed by atoms with Crippen molar-refractivity contribution >= 4 is 27.6 Å². The van der Waals surface area contributed by atoms with Crippen LogP contribution in [0, 0.1) is 0 Å². The first-order chi connectivity index (χ1) is 12.8. The van der Waals surface area contributed by atoms with E-state index in [1.54, 1.807) is 28.4 Å². The average Bonchev–Trinajstić information content (AvgIpc) is 2.94. The molecule has 7 heteroatoms. The van der Waals surface area contributed by atoms with Crippen LogP contribution in [0.15, 0.2) is 36.4 Å². The van der Waals surface area contributed by atoms with Gasteiger partial charge in [0.25, 0.3) is 0 Å². The van der Waals surface area contributed by atoms with Crippen LogP contribution in [0.3, 0.4) is 0 Å². The lowest BCUT2D eigenvalue weighted by molar-refractivity contribution is 0.00847. The molecule has 1 aliphatic heterocycles. The number of thiophene rings is 1. The number of carbonyl (C=O) groups is 1. The standard InChI is InChI=1S/C20H21N3O3S/c1-20(2,3)26-19(25)23-10-12(11-23)17-9-15-18(27-17)8-14(21-22-15)13-6-4-5-7-16(13)24/h4-9,12,24H,10-11H2,1-3H3. The predicted octanol–water partition coefficient (Wildman–Crippen LogP) is 4.40. The van der Waals surface area contributed by atoms with Crippen molar-refractivity contribution in [1.82, 2.24) is 15.1 Å². The summed E-state index contributed by atoms with van der Waals surface area (Å²) in [6, 6.07) is 11.1. The maximum atomic E-state index is 12.1. The number of carbonyl (C=O) groups excluding carboxylic acids is 1. The molecule has 4 rings (SSSR count). The van der Waals surface area contributed by atoms with Gasteiger partial charge in [-0.2, -0.15) is 0 Å². The van der Waals surface area contributed by atoms with E-state index in [1.807, 2.05) is 45.0 Å². The quantitative estimate of drug-likeness (QED) is 0.710. The number of phenols is 1. The maximum Gasteiger partial charge on any atom is 0.410 e. The largest absolute Gasteiger partial charge is 0.507 e. The van der Waals surface area contributed by atoms with Crippen molar-refractivity contribution in [2.75, 3.05) is 13.1 Å². The Morgan fingerprint density at radius 2 is 1.96 bits per heavy atom. The Bertz CT molecular complexity index is 1000. The van der Waals surface area contributed by atoms with Crippen LogP contribution in [0.4, 0.5) is 4.79 Å². The van der Waals surface area contributed by atoms with Gasteiger partial charge in [-0.05, 0) is 45.0 Å². The lowest BCUT2D eigenvalue weighted by atomic mass is 9.99. The van der Waals surface area contributed by atoms with E-state index in [4.69, 9.17) is 4.74 Å². The monoisotopic (exact) mass is 383 g/mol. The number of likely N-dealkylation sites (tertiary alicyclic amines) is 1. The van der Waals surface area contributed by atoms with Gasteiger partial charge in [0, 0.05) is 29.4 Å². The SMILES string of the molecule is CC(C)(C)OC(=O)N1CC(c2cc3nnc(-c4ccccc4O)cc3s2)C1. The van der Waals surface area contributed by atoms with Gasteiger partial charge in [0.15, 0.2) is 0 Å². The van der Waals surface area contributed by atoms with Crippen molar-refractivity contribution in [2.45, 2.75) is 32.3 Å². The number of hydrogen-bond donors (Lipinski definition) is 1. The summed E-state index contributed by atoms with van der Waals surface area (Å²) in [5.41, 5.74) is 1.68. The zero-order chi connectivity index (χ0) is 19.2. The third-order valence-electron chi connectivity index (χ3n) is 4.41. The van der Waals surface area contributed by atoms with E-state index in [0.717, 1.165) is 10.2 Å². The minimum Gasteiger partial charge on any atom is -0.507 e. The number of benzene rings is 1. The Morgan fingerprint density at radius 3 is 2.67 bits per heavy atom. The van der Waals surface area contributed by atoms with Crippen LogP contribution >= 0.6 is 11.3 Å². The molecule has 0 spiro atoms. The number of phenolic OH excluding ortho intramolecular Hbond substituents is 1. The van der Waals surface area contributed by atoms with Crippen LogP contribution in [-0.4, -0.2) is 45.0 Å². The van der Waals surface area contributed by atoms with Crippen LogP contribution < -0.4 is 0 Å². The van der Waals surface area contributed by atoms with Crippen LogP contribution in [-0.2, 0) is 4.74 Å². The van der Waals surface area contributed by atoms with E-state index < -0.39 is 5.60 Å². The summed E-state index contributed by atoms with van der Waals surface area (Å²) in [4.78, 5) is 15.0. The van der Waals surface area contributed by atoms with E-state index in [1.165, 1.54) is 4.88 Å². The van der Waals surface area contributed by atoms with Crippen molar-refractivity contribution in [3.05, 3.63) is 41.3 Å². The first-order valence-electron chi connectivity index (χ1n) is 8.83. The van der Waals surface area contributed by atoms with Crippen molar-refractivity contribution in [3.63, 3.8) is 0 Å². The number of para-hydroxylation sites is 1. The van der Waals surface area contributed by atoms with E-state index in [-0.39, 0.29) is 11.8 Å². The number of nitrogens with zero attached hydrogens (tertiary/aromatic N) is 3.